The topological polar surface area (TPSA) is 29.3 Å². The van der Waals surface area contributed by atoms with Crippen molar-refractivity contribution < 1.29 is 0 Å². The van der Waals surface area contributed by atoms with Crippen LogP contribution in [0.25, 0.3) is 0 Å². The first kappa shape index (κ1) is 11.9. The Morgan fingerprint density at radius 3 is 2.00 bits per heavy atom. The van der Waals surface area contributed by atoms with Gasteiger partial charge in [-0.25, -0.2) is 0 Å². The Kier molecular flexibility index (Phi) is 9.43. The van der Waals surface area contributed by atoms with Gasteiger partial charge in [0.1, 0.15) is 4.32 Å². The Balaban J connectivity index is 0. The van der Waals surface area contributed by atoms with Gasteiger partial charge >= 0.3 is 0 Å². The summed E-state index contributed by atoms with van der Waals surface area (Å²) in [7, 11) is 3.79. The van der Waals surface area contributed by atoms with E-state index in [2.05, 4.69) is 12.2 Å². The molecule has 0 spiro atoms. The van der Waals surface area contributed by atoms with E-state index in [1.54, 1.807) is 0 Å². The molecular weight excluding hydrogens is 151 g/mol. The molecule has 8 heavy (non-hydrogen) atoms. The molecule has 2 N–H and O–H groups in total. The summed E-state index contributed by atoms with van der Waals surface area (Å²) in [6, 6.07) is 0. The summed E-state index contributed by atoms with van der Waals surface area (Å²) >= 11 is 5.92. The van der Waals surface area contributed by atoms with Crippen molar-refractivity contribution in [3.8, 4) is 0 Å². The molecule has 0 aromatic rings. The summed E-state index contributed by atoms with van der Waals surface area (Å²) in [5.41, 5.74) is 5.15. The maximum atomic E-state index is 5.15. The molecule has 2 nitrogen and oxygen atoms in total. The third-order valence-electron chi connectivity index (χ3n) is 0.273. The molecule has 1 radical (unpaired) electrons. The van der Waals surface area contributed by atoms with E-state index in [4.69, 9.17) is 5.73 Å². The Morgan fingerprint density at radius 2 is 2.00 bits per heavy atom. The van der Waals surface area contributed by atoms with E-state index in [0.717, 1.165) is 0 Å². The maximum absolute atomic E-state index is 5.15. The largest absolute Gasteiger partial charge is 0.384 e. The summed E-state index contributed by atoms with van der Waals surface area (Å²) in [5.74, 6) is 0. The summed E-state index contributed by atoms with van der Waals surface area (Å²) in [6.07, 6.45) is 0. The van der Waals surface area contributed by atoms with E-state index in [9.17, 15) is 0 Å². The molecule has 0 bridgehead atoms. The number of thiocarbonyl (C=S) groups is 1. The SMILES string of the molecule is CN(C)SC(N)=S.[Na]. The second-order valence-electron chi connectivity index (χ2n) is 1.22. The van der Waals surface area contributed by atoms with Crippen molar-refractivity contribution in [3.63, 3.8) is 0 Å². The van der Waals surface area contributed by atoms with E-state index < -0.39 is 0 Å². The van der Waals surface area contributed by atoms with Crippen molar-refractivity contribution in [3.05, 3.63) is 0 Å². The van der Waals surface area contributed by atoms with Crippen LogP contribution in [0.4, 0.5) is 0 Å². The van der Waals surface area contributed by atoms with E-state index in [0.29, 0.717) is 4.32 Å². The number of nitrogens with two attached hydrogens (primary N) is 1. The molecule has 0 aliphatic rings. The van der Waals surface area contributed by atoms with Crippen LogP contribution >= 0.6 is 24.2 Å². The van der Waals surface area contributed by atoms with E-state index >= 15 is 0 Å². The average molecular weight is 159 g/mol. The van der Waals surface area contributed by atoms with Crippen molar-refractivity contribution >= 4 is 58.0 Å². The molecule has 0 aromatic heterocycles. The zero-order valence-corrected chi connectivity index (χ0v) is 8.97. The molecule has 0 aliphatic carbocycles. The fourth-order valence-electron chi connectivity index (χ4n) is 0.180. The van der Waals surface area contributed by atoms with Crippen LogP contribution in [0, 0.1) is 0 Å². The van der Waals surface area contributed by atoms with Gasteiger partial charge in [0.15, 0.2) is 0 Å². The third-order valence-corrected chi connectivity index (χ3v) is 1.04. The average Bonchev–Trinajstić information content (AvgIpc) is 1.27. The van der Waals surface area contributed by atoms with Crippen LogP contribution in [-0.2, 0) is 0 Å². The van der Waals surface area contributed by atoms with Crippen LogP contribution in [0.15, 0.2) is 0 Å². The minimum absolute atomic E-state index is 0. The molecule has 0 fully saturated rings. The predicted molar refractivity (Wildman–Crippen MR) is 43.8 cm³/mol. The summed E-state index contributed by atoms with van der Waals surface area (Å²) in [4.78, 5) is 0. The van der Waals surface area contributed by atoms with Crippen molar-refractivity contribution in [1.82, 2.24) is 4.31 Å². The van der Waals surface area contributed by atoms with Gasteiger partial charge in [-0.1, -0.05) is 12.2 Å². The summed E-state index contributed by atoms with van der Waals surface area (Å²) in [5, 5.41) is 0. The van der Waals surface area contributed by atoms with E-state index in [1.165, 1.54) is 11.9 Å². The number of hydrogen-bond donors (Lipinski definition) is 1. The van der Waals surface area contributed by atoms with Gasteiger partial charge < -0.3 is 5.73 Å². The molecule has 0 aliphatic heterocycles. The fourth-order valence-corrected chi connectivity index (χ4v) is 0.987. The van der Waals surface area contributed by atoms with Gasteiger partial charge in [0.25, 0.3) is 0 Å². The van der Waals surface area contributed by atoms with Gasteiger partial charge in [-0.3, -0.25) is 4.31 Å². The molecule has 0 unspecified atom stereocenters. The Hall–Kier alpha value is 1.20. The van der Waals surface area contributed by atoms with Crippen LogP contribution < -0.4 is 5.73 Å². The first-order valence-electron chi connectivity index (χ1n) is 1.77. The minimum Gasteiger partial charge on any atom is -0.384 e. The molecule has 0 saturated carbocycles. The Morgan fingerprint density at radius 1 is 1.62 bits per heavy atom. The van der Waals surface area contributed by atoms with Crippen LogP contribution in [-0.4, -0.2) is 52.3 Å². The molecule has 43 valence electrons. The van der Waals surface area contributed by atoms with Gasteiger partial charge in [0.2, 0.25) is 0 Å². The Labute approximate surface area is 81.6 Å². The summed E-state index contributed by atoms with van der Waals surface area (Å²) in [6.45, 7) is 0. The van der Waals surface area contributed by atoms with Gasteiger partial charge in [0.05, 0.1) is 0 Å². The second-order valence-corrected chi connectivity index (χ2v) is 3.27. The van der Waals surface area contributed by atoms with Crippen molar-refractivity contribution in [2.45, 2.75) is 0 Å². The monoisotopic (exact) mass is 159 g/mol. The molecule has 0 rings (SSSR count). The third kappa shape index (κ3) is 10.2. The fraction of sp³-hybridized carbons (Fsp3) is 0.667. The van der Waals surface area contributed by atoms with Crippen LogP contribution in [0.1, 0.15) is 0 Å². The smallest absolute Gasteiger partial charge is 0.146 e. The van der Waals surface area contributed by atoms with E-state index in [-0.39, 0.29) is 29.6 Å². The van der Waals surface area contributed by atoms with Crippen molar-refractivity contribution in [1.29, 1.82) is 0 Å². The maximum Gasteiger partial charge on any atom is 0.146 e. The predicted octanol–water partition coefficient (Wildman–Crippen LogP) is 0.0590. The molecule has 0 atom stereocenters. The quantitative estimate of drug-likeness (QED) is 0.333. The van der Waals surface area contributed by atoms with E-state index in [1.807, 2.05) is 18.4 Å². The van der Waals surface area contributed by atoms with Gasteiger partial charge in [-0.2, -0.15) is 0 Å². The molecule has 0 aromatic carbocycles. The number of nitrogens with zero attached hydrogens (tertiary/aromatic N) is 1. The number of rotatable bonds is 1. The van der Waals surface area contributed by atoms with Crippen LogP contribution in [0.5, 0.6) is 0 Å². The zero-order valence-electron chi connectivity index (χ0n) is 5.34. The van der Waals surface area contributed by atoms with Gasteiger partial charge in [0, 0.05) is 29.6 Å². The number of hydrogen-bond acceptors (Lipinski definition) is 3. The minimum atomic E-state index is 0. The molecule has 0 saturated heterocycles. The molecule has 5 heteroatoms. The first-order chi connectivity index (χ1) is 3.13. The normalized spacial score (nSPS) is 8.38. The van der Waals surface area contributed by atoms with Crippen molar-refractivity contribution in [2.24, 2.45) is 5.73 Å². The van der Waals surface area contributed by atoms with Crippen molar-refractivity contribution in [2.75, 3.05) is 14.1 Å². The first-order valence-corrected chi connectivity index (χ1v) is 2.96. The van der Waals surface area contributed by atoms with Crippen LogP contribution in [0.2, 0.25) is 0 Å². The molecular formula is C3H8N2NaS2. The second kappa shape index (κ2) is 6.32. The standard InChI is InChI=1S/C3H8N2S2.Na/c1-5(2)7-3(4)6;/h1-2H3,(H2,4,6);. The van der Waals surface area contributed by atoms with Gasteiger partial charge in [-0.05, 0) is 26.0 Å². The zero-order chi connectivity index (χ0) is 5.86. The Bertz CT molecular complexity index is 75.7. The summed E-state index contributed by atoms with van der Waals surface area (Å²) < 4.78 is 2.31. The molecule has 0 amide bonds. The van der Waals surface area contributed by atoms with Crippen LogP contribution in [0.3, 0.4) is 0 Å². The van der Waals surface area contributed by atoms with Gasteiger partial charge in [-0.15, -0.1) is 0 Å². The molecule has 0 heterocycles.